The Kier molecular flexibility index (Phi) is 5.91. The molecule has 0 radical (unpaired) electrons. The van der Waals surface area contributed by atoms with E-state index in [9.17, 15) is 14.9 Å². The van der Waals surface area contributed by atoms with Crippen LogP contribution in [0.3, 0.4) is 0 Å². The minimum absolute atomic E-state index is 0.118. The standard InChI is InChI=1S/C19H16ClN3O4S/c1-3-27-14-7-4-12(5-8-14)17-11(2)28-19(21-17)22-18(24)15-10-13(20)6-9-16(15)23(25)26/h4-10H,3H2,1-2H3,(H,21,22,24). The topological polar surface area (TPSA) is 94.4 Å². The van der Waals surface area contributed by atoms with Gasteiger partial charge in [0.1, 0.15) is 11.3 Å². The van der Waals surface area contributed by atoms with Crippen LogP contribution in [-0.4, -0.2) is 22.4 Å². The fraction of sp³-hybridized carbons (Fsp3) is 0.158. The third-order valence-corrected chi connectivity index (χ3v) is 4.98. The molecule has 1 aromatic heterocycles. The highest BCUT2D eigenvalue weighted by atomic mass is 35.5. The van der Waals surface area contributed by atoms with E-state index in [2.05, 4.69) is 10.3 Å². The number of rotatable bonds is 6. The number of ether oxygens (including phenoxy) is 1. The van der Waals surface area contributed by atoms with Crippen LogP contribution in [0.5, 0.6) is 5.75 Å². The van der Waals surface area contributed by atoms with Gasteiger partial charge < -0.3 is 4.74 Å². The molecule has 0 aliphatic rings. The van der Waals surface area contributed by atoms with Gasteiger partial charge in [0, 0.05) is 21.5 Å². The molecule has 0 aliphatic carbocycles. The minimum Gasteiger partial charge on any atom is -0.494 e. The zero-order valence-corrected chi connectivity index (χ0v) is 16.6. The smallest absolute Gasteiger partial charge is 0.282 e. The van der Waals surface area contributed by atoms with Gasteiger partial charge >= 0.3 is 0 Å². The minimum atomic E-state index is -0.638. The van der Waals surface area contributed by atoms with Crippen LogP contribution < -0.4 is 10.1 Å². The summed E-state index contributed by atoms with van der Waals surface area (Å²) in [4.78, 5) is 28.5. The molecule has 1 N–H and O–H groups in total. The molecule has 0 aliphatic heterocycles. The van der Waals surface area contributed by atoms with Gasteiger partial charge in [-0.15, -0.1) is 11.3 Å². The van der Waals surface area contributed by atoms with Crippen molar-refractivity contribution in [3.63, 3.8) is 0 Å². The van der Waals surface area contributed by atoms with Crippen molar-refractivity contribution in [1.82, 2.24) is 4.98 Å². The van der Waals surface area contributed by atoms with E-state index in [0.717, 1.165) is 21.9 Å². The van der Waals surface area contributed by atoms with Crippen LogP contribution in [0.1, 0.15) is 22.2 Å². The summed E-state index contributed by atoms with van der Waals surface area (Å²) >= 11 is 7.18. The first-order valence-corrected chi connectivity index (χ1v) is 9.54. The molecule has 144 valence electrons. The predicted molar refractivity (Wildman–Crippen MR) is 110 cm³/mol. The molecule has 0 atom stereocenters. The molecule has 2 aromatic carbocycles. The number of nitro groups is 1. The van der Waals surface area contributed by atoms with Gasteiger partial charge in [0.05, 0.1) is 17.2 Å². The van der Waals surface area contributed by atoms with Crippen molar-refractivity contribution in [2.45, 2.75) is 13.8 Å². The third kappa shape index (κ3) is 4.29. The quantitative estimate of drug-likeness (QED) is 0.432. The van der Waals surface area contributed by atoms with Crippen LogP contribution in [0.2, 0.25) is 5.02 Å². The second-order valence-corrected chi connectivity index (χ2v) is 7.39. The molecular formula is C19H16ClN3O4S. The molecule has 0 bridgehead atoms. The fourth-order valence-electron chi connectivity index (χ4n) is 2.61. The highest BCUT2D eigenvalue weighted by Crippen LogP contribution is 2.32. The number of hydrogen-bond acceptors (Lipinski definition) is 6. The second-order valence-electron chi connectivity index (χ2n) is 5.75. The summed E-state index contributed by atoms with van der Waals surface area (Å²) in [6.45, 7) is 4.39. The number of hydrogen-bond donors (Lipinski definition) is 1. The van der Waals surface area contributed by atoms with E-state index in [4.69, 9.17) is 16.3 Å². The summed E-state index contributed by atoms with van der Waals surface area (Å²) < 4.78 is 5.43. The monoisotopic (exact) mass is 417 g/mol. The maximum Gasteiger partial charge on any atom is 0.282 e. The zero-order chi connectivity index (χ0) is 20.3. The molecule has 0 fully saturated rings. The van der Waals surface area contributed by atoms with Crippen LogP contribution in [-0.2, 0) is 0 Å². The maximum atomic E-state index is 12.5. The van der Waals surface area contributed by atoms with E-state index >= 15 is 0 Å². The number of anilines is 1. The molecule has 28 heavy (non-hydrogen) atoms. The van der Waals surface area contributed by atoms with Gasteiger partial charge in [-0.1, -0.05) is 11.6 Å². The Labute approximate surface area is 170 Å². The van der Waals surface area contributed by atoms with E-state index in [1.165, 1.54) is 29.5 Å². The molecule has 0 spiro atoms. The number of halogens is 1. The van der Waals surface area contributed by atoms with Crippen molar-refractivity contribution in [2.75, 3.05) is 11.9 Å². The molecule has 9 heteroatoms. The van der Waals surface area contributed by atoms with Gasteiger partial charge in [-0.3, -0.25) is 20.2 Å². The van der Waals surface area contributed by atoms with E-state index < -0.39 is 10.8 Å². The lowest BCUT2D eigenvalue weighted by molar-refractivity contribution is -0.385. The molecule has 7 nitrogen and oxygen atoms in total. The number of carbonyl (C=O) groups excluding carboxylic acids is 1. The number of aryl methyl sites for hydroxylation is 1. The number of benzene rings is 2. The lowest BCUT2D eigenvalue weighted by atomic mass is 10.1. The summed E-state index contributed by atoms with van der Waals surface area (Å²) in [5, 5.41) is 14.4. The van der Waals surface area contributed by atoms with Crippen molar-refractivity contribution in [1.29, 1.82) is 0 Å². The highest BCUT2D eigenvalue weighted by Gasteiger charge is 2.22. The van der Waals surface area contributed by atoms with E-state index in [1.807, 2.05) is 38.1 Å². The lowest BCUT2D eigenvalue weighted by Gasteiger charge is -2.04. The van der Waals surface area contributed by atoms with Crippen molar-refractivity contribution in [3.05, 3.63) is 68.0 Å². The Bertz CT molecular complexity index is 1030. The van der Waals surface area contributed by atoms with Crippen LogP contribution in [0.25, 0.3) is 11.3 Å². The van der Waals surface area contributed by atoms with Gasteiger partial charge in [0.2, 0.25) is 0 Å². The number of nitrogens with one attached hydrogen (secondary N) is 1. The van der Waals surface area contributed by atoms with Crippen molar-refractivity contribution < 1.29 is 14.5 Å². The second kappa shape index (κ2) is 8.37. The maximum absolute atomic E-state index is 12.5. The summed E-state index contributed by atoms with van der Waals surface area (Å²) in [6.07, 6.45) is 0. The number of amides is 1. The number of carbonyl (C=O) groups is 1. The molecule has 0 saturated carbocycles. The SMILES string of the molecule is CCOc1ccc(-c2nc(NC(=O)c3cc(Cl)ccc3[N+](=O)[O-])sc2C)cc1. The third-order valence-electron chi connectivity index (χ3n) is 3.86. The van der Waals surface area contributed by atoms with Crippen LogP contribution in [0.4, 0.5) is 10.8 Å². The van der Waals surface area contributed by atoms with Gasteiger partial charge in [0.25, 0.3) is 11.6 Å². The average Bonchev–Trinajstić information content (AvgIpc) is 3.02. The zero-order valence-electron chi connectivity index (χ0n) is 15.1. The Balaban J connectivity index is 1.85. The summed E-state index contributed by atoms with van der Waals surface area (Å²) in [7, 11) is 0. The number of thiazole rings is 1. The van der Waals surface area contributed by atoms with Crippen LogP contribution in [0.15, 0.2) is 42.5 Å². The summed E-state index contributed by atoms with van der Waals surface area (Å²) in [5.74, 6) is 0.127. The molecule has 3 aromatic rings. The van der Waals surface area contributed by atoms with Gasteiger partial charge in [-0.25, -0.2) is 4.98 Å². The van der Waals surface area contributed by atoms with E-state index in [0.29, 0.717) is 11.7 Å². The van der Waals surface area contributed by atoms with E-state index in [1.54, 1.807) is 0 Å². The summed E-state index contributed by atoms with van der Waals surface area (Å²) in [5.41, 5.74) is 1.17. The molecule has 0 saturated heterocycles. The number of nitrogens with zero attached hydrogens (tertiary/aromatic N) is 2. The average molecular weight is 418 g/mol. The first-order chi connectivity index (χ1) is 13.4. The highest BCUT2D eigenvalue weighted by molar-refractivity contribution is 7.16. The molecule has 0 unspecified atom stereocenters. The first kappa shape index (κ1) is 19.8. The normalized spacial score (nSPS) is 10.5. The van der Waals surface area contributed by atoms with Gasteiger partial charge in [-0.2, -0.15) is 0 Å². The van der Waals surface area contributed by atoms with Gasteiger partial charge in [-0.05, 0) is 50.2 Å². The van der Waals surface area contributed by atoms with Crippen molar-refractivity contribution >= 4 is 39.7 Å². The molecule has 1 heterocycles. The number of aromatic nitrogens is 1. The summed E-state index contributed by atoms with van der Waals surface area (Å²) in [6, 6.07) is 11.3. The Morgan fingerprint density at radius 2 is 2.00 bits per heavy atom. The van der Waals surface area contributed by atoms with Crippen molar-refractivity contribution in [3.8, 4) is 17.0 Å². The molecule has 3 rings (SSSR count). The predicted octanol–water partition coefficient (Wildman–Crippen LogP) is 5.33. The Morgan fingerprint density at radius 1 is 1.29 bits per heavy atom. The molecule has 1 amide bonds. The lowest BCUT2D eigenvalue weighted by Crippen LogP contribution is -2.13. The number of nitro benzene ring substituents is 1. The largest absolute Gasteiger partial charge is 0.494 e. The molecular weight excluding hydrogens is 402 g/mol. The Hall–Kier alpha value is -2.97. The van der Waals surface area contributed by atoms with Crippen LogP contribution >= 0.6 is 22.9 Å². The van der Waals surface area contributed by atoms with Crippen LogP contribution in [0, 0.1) is 17.0 Å². The fourth-order valence-corrected chi connectivity index (χ4v) is 3.61. The van der Waals surface area contributed by atoms with E-state index in [-0.39, 0.29) is 16.3 Å². The van der Waals surface area contributed by atoms with Crippen molar-refractivity contribution in [2.24, 2.45) is 0 Å². The first-order valence-electron chi connectivity index (χ1n) is 8.35. The Morgan fingerprint density at radius 3 is 2.64 bits per heavy atom. The van der Waals surface area contributed by atoms with Gasteiger partial charge in [0.15, 0.2) is 5.13 Å².